The number of likely N-dealkylation sites (tertiary alicyclic amines) is 1. The van der Waals surface area contributed by atoms with E-state index in [0.29, 0.717) is 6.54 Å². The Morgan fingerprint density at radius 3 is 2.60 bits per heavy atom. The Balaban J connectivity index is 1.85. The standard InChI is InChI=1S/C15H21N3O2/c1-11-6-5-7-13(12(11)2)16-15(20)17-14(19)10-18-8-3-4-9-18/h5-7H,3-4,8-10H2,1-2H3,(H2,16,17,19,20)/p+1. The molecule has 5 heteroatoms. The number of carbonyl (C=O) groups is 2. The van der Waals surface area contributed by atoms with Gasteiger partial charge in [-0.1, -0.05) is 12.1 Å². The van der Waals surface area contributed by atoms with Gasteiger partial charge in [-0.2, -0.15) is 0 Å². The van der Waals surface area contributed by atoms with Gasteiger partial charge >= 0.3 is 6.03 Å². The number of aryl methyl sites for hydroxylation is 1. The van der Waals surface area contributed by atoms with Crippen LogP contribution in [0, 0.1) is 13.8 Å². The molecule has 20 heavy (non-hydrogen) atoms. The van der Waals surface area contributed by atoms with Gasteiger partial charge in [0.1, 0.15) is 0 Å². The van der Waals surface area contributed by atoms with Crippen molar-refractivity contribution in [3.63, 3.8) is 0 Å². The Labute approximate surface area is 119 Å². The smallest absolute Gasteiger partial charge is 0.326 e. The van der Waals surface area contributed by atoms with E-state index in [9.17, 15) is 9.59 Å². The number of nitrogens with one attached hydrogen (secondary N) is 3. The minimum atomic E-state index is -0.456. The van der Waals surface area contributed by atoms with Crippen molar-refractivity contribution in [2.75, 3.05) is 25.0 Å². The summed E-state index contributed by atoms with van der Waals surface area (Å²) in [7, 11) is 0. The van der Waals surface area contributed by atoms with E-state index in [1.54, 1.807) is 0 Å². The van der Waals surface area contributed by atoms with Crippen molar-refractivity contribution in [3.05, 3.63) is 29.3 Å². The summed E-state index contributed by atoms with van der Waals surface area (Å²) in [6.45, 7) is 6.35. The number of quaternary nitrogens is 1. The molecule has 0 unspecified atom stereocenters. The minimum absolute atomic E-state index is 0.218. The zero-order chi connectivity index (χ0) is 14.5. The molecular weight excluding hydrogens is 254 g/mol. The van der Waals surface area contributed by atoms with Gasteiger partial charge in [0, 0.05) is 18.5 Å². The molecule has 1 aliphatic rings. The van der Waals surface area contributed by atoms with Gasteiger partial charge < -0.3 is 10.2 Å². The number of rotatable bonds is 3. The van der Waals surface area contributed by atoms with Crippen LogP contribution in [0.15, 0.2) is 18.2 Å². The summed E-state index contributed by atoms with van der Waals surface area (Å²) >= 11 is 0. The van der Waals surface area contributed by atoms with Gasteiger partial charge in [0.15, 0.2) is 6.54 Å². The lowest BCUT2D eigenvalue weighted by Gasteiger charge is -2.13. The Morgan fingerprint density at radius 1 is 1.20 bits per heavy atom. The van der Waals surface area contributed by atoms with E-state index in [4.69, 9.17) is 0 Å². The van der Waals surface area contributed by atoms with Crippen molar-refractivity contribution in [1.82, 2.24) is 5.32 Å². The fraction of sp³-hybridized carbons (Fsp3) is 0.467. The molecule has 3 N–H and O–H groups in total. The largest absolute Gasteiger partial charge is 0.327 e. The number of hydrogen-bond acceptors (Lipinski definition) is 2. The van der Waals surface area contributed by atoms with Crippen molar-refractivity contribution in [1.29, 1.82) is 0 Å². The van der Waals surface area contributed by atoms with Crippen molar-refractivity contribution in [2.45, 2.75) is 26.7 Å². The molecule has 0 radical (unpaired) electrons. The lowest BCUT2D eigenvalue weighted by molar-refractivity contribution is -0.879. The lowest BCUT2D eigenvalue weighted by atomic mass is 10.1. The molecule has 1 aromatic rings. The molecule has 1 saturated heterocycles. The first-order valence-corrected chi connectivity index (χ1v) is 7.07. The summed E-state index contributed by atoms with van der Waals surface area (Å²) in [6.07, 6.45) is 2.33. The van der Waals surface area contributed by atoms with Crippen LogP contribution in [-0.4, -0.2) is 31.6 Å². The normalized spacial score (nSPS) is 15.1. The highest BCUT2D eigenvalue weighted by Gasteiger charge is 2.20. The summed E-state index contributed by atoms with van der Waals surface area (Å²) in [5, 5.41) is 5.12. The van der Waals surface area contributed by atoms with Gasteiger partial charge in [0.05, 0.1) is 13.1 Å². The molecule has 1 aromatic carbocycles. The molecule has 0 aromatic heterocycles. The van der Waals surface area contributed by atoms with Crippen LogP contribution in [0.3, 0.4) is 0 Å². The number of carbonyl (C=O) groups excluding carboxylic acids is 2. The van der Waals surface area contributed by atoms with E-state index in [-0.39, 0.29) is 5.91 Å². The summed E-state index contributed by atoms with van der Waals surface area (Å²) in [5.41, 5.74) is 2.86. The highest BCUT2D eigenvalue weighted by molar-refractivity contribution is 6.01. The highest BCUT2D eigenvalue weighted by atomic mass is 16.2. The Kier molecular flexibility index (Phi) is 4.74. The predicted molar refractivity (Wildman–Crippen MR) is 77.9 cm³/mol. The SMILES string of the molecule is Cc1cccc(NC(=O)NC(=O)C[NH+]2CCCC2)c1C. The third kappa shape index (κ3) is 3.81. The first-order valence-electron chi connectivity index (χ1n) is 7.07. The molecule has 108 valence electrons. The Morgan fingerprint density at radius 2 is 1.90 bits per heavy atom. The van der Waals surface area contributed by atoms with E-state index in [2.05, 4.69) is 10.6 Å². The molecule has 1 heterocycles. The van der Waals surface area contributed by atoms with Crippen LogP contribution in [-0.2, 0) is 4.79 Å². The first kappa shape index (κ1) is 14.5. The number of amides is 3. The van der Waals surface area contributed by atoms with Gasteiger partial charge in [-0.25, -0.2) is 4.79 Å². The molecule has 3 amide bonds. The van der Waals surface area contributed by atoms with Crippen LogP contribution >= 0.6 is 0 Å². The number of anilines is 1. The van der Waals surface area contributed by atoms with Gasteiger partial charge in [-0.3, -0.25) is 10.1 Å². The Bertz CT molecular complexity index is 508. The molecule has 1 fully saturated rings. The van der Waals surface area contributed by atoms with Crippen molar-refractivity contribution < 1.29 is 14.5 Å². The van der Waals surface area contributed by atoms with E-state index in [1.165, 1.54) is 4.90 Å². The van der Waals surface area contributed by atoms with Crippen LogP contribution < -0.4 is 15.5 Å². The van der Waals surface area contributed by atoms with Crippen molar-refractivity contribution >= 4 is 17.6 Å². The highest BCUT2D eigenvalue weighted by Crippen LogP contribution is 2.17. The second-order valence-electron chi connectivity index (χ2n) is 5.38. The van der Waals surface area contributed by atoms with Crippen LogP contribution in [0.2, 0.25) is 0 Å². The average molecular weight is 276 g/mol. The summed E-state index contributed by atoms with van der Waals surface area (Å²) < 4.78 is 0. The third-order valence-corrected chi connectivity index (χ3v) is 3.83. The van der Waals surface area contributed by atoms with Gasteiger partial charge in [-0.05, 0) is 31.0 Å². The van der Waals surface area contributed by atoms with Crippen LogP contribution in [0.1, 0.15) is 24.0 Å². The maximum absolute atomic E-state index is 11.8. The first-order chi connectivity index (χ1) is 9.56. The van der Waals surface area contributed by atoms with Crippen LogP contribution in [0.4, 0.5) is 10.5 Å². The van der Waals surface area contributed by atoms with E-state index < -0.39 is 6.03 Å². The molecule has 0 saturated carbocycles. The molecule has 0 bridgehead atoms. The zero-order valence-corrected chi connectivity index (χ0v) is 12.1. The van der Waals surface area contributed by atoms with Crippen LogP contribution in [0.25, 0.3) is 0 Å². The van der Waals surface area contributed by atoms with Gasteiger partial charge in [0.25, 0.3) is 5.91 Å². The molecule has 2 rings (SSSR count). The predicted octanol–water partition coefficient (Wildman–Crippen LogP) is 0.630. The maximum atomic E-state index is 11.8. The average Bonchev–Trinajstić information content (AvgIpc) is 2.87. The number of imide groups is 1. The van der Waals surface area contributed by atoms with Crippen molar-refractivity contribution in [2.24, 2.45) is 0 Å². The quantitative estimate of drug-likeness (QED) is 0.758. The summed E-state index contributed by atoms with van der Waals surface area (Å²) in [5.74, 6) is -0.218. The third-order valence-electron chi connectivity index (χ3n) is 3.83. The molecule has 0 aliphatic carbocycles. The fourth-order valence-electron chi connectivity index (χ4n) is 2.49. The lowest BCUT2D eigenvalue weighted by Crippen LogP contribution is -3.11. The van der Waals surface area contributed by atoms with Gasteiger partial charge in [-0.15, -0.1) is 0 Å². The van der Waals surface area contributed by atoms with E-state index in [1.807, 2.05) is 32.0 Å². The number of hydrogen-bond donors (Lipinski definition) is 3. The monoisotopic (exact) mass is 276 g/mol. The molecule has 1 aliphatic heterocycles. The fourth-order valence-corrected chi connectivity index (χ4v) is 2.49. The molecule has 0 spiro atoms. The summed E-state index contributed by atoms with van der Waals surface area (Å²) in [4.78, 5) is 24.8. The van der Waals surface area contributed by atoms with Gasteiger partial charge in [0.2, 0.25) is 0 Å². The number of urea groups is 1. The number of benzene rings is 1. The molecular formula is C15H22N3O2+. The van der Waals surface area contributed by atoms with E-state index >= 15 is 0 Å². The minimum Gasteiger partial charge on any atom is -0.327 e. The molecule has 5 nitrogen and oxygen atoms in total. The second kappa shape index (κ2) is 6.52. The summed E-state index contributed by atoms with van der Waals surface area (Å²) in [6, 6.07) is 5.24. The Hall–Kier alpha value is -1.88. The maximum Gasteiger partial charge on any atom is 0.326 e. The zero-order valence-electron chi connectivity index (χ0n) is 12.1. The topological polar surface area (TPSA) is 62.6 Å². The molecule has 0 atom stereocenters. The second-order valence-corrected chi connectivity index (χ2v) is 5.38. The van der Waals surface area contributed by atoms with E-state index in [0.717, 1.165) is 42.7 Å². The van der Waals surface area contributed by atoms with Crippen LogP contribution in [0.5, 0.6) is 0 Å². The van der Waals surface area contributed by atoms with Crippen molar-refractivity contribution in [3.8, 4) is 0 Å².